The van der Waals surface area contributed by atoms with E-state index in [1.165, 1.54) is 10.5 Å². The molecule has 1 amide bonds. The van der Waals surface area contributed by atoms with Crippen LogP contribution in [0.25, 0.3) is 16.7 Å². The highest BCUT2D eigenvalue weighted by Gasteiger charge is 2.20. The molecule has 180 valence electrons. The Balaban J connectivity index is 1.50. The number of amides is 1. The van der Waals surface area contributed by atoms with Crippen LogP contribution >= 0.6 is 0 Å². The Bertz CT molecular complexity index is 1300. The summed E-state index contributed by atoms with van der Waals surface area (Å²) in [5.74, 6) is -0.373. The average molecular weight is 467 g/mol. The van der Waals surface area contributed by atoms with Gasteiger partial charge in [-0.1, -0.05) is 6.07 Å². The normalized spacial score (nSPS) is 19.1. The fourth-order valence-electron chi connectivity index (χ4n) is 4.66. The minimum atomic E-state index is -0.373. The summed E-state index contributed by atoms with van der Waals surface area (Å²) in [4.78, 5) is 33.4. The monoisotopic (exact) mass is 466 g/mol. The maximum Gasteiger partial charge on any atom is 0.267 e. The number of hydrogen-bond donors (Lipinski definition) is 2. The number of aromatic nitrogens is 3. The first kappa shape index (κ1) is 22.7. The van der Waals surface area contributed by atoms with Crippen LogP contribution in [0.5, 0.6) is 0 Å². The second-order valence-corrected chi connectivity index (χ2v) is 8.79. The van der Waals surface area contributed by atoms with Crippen LogP contribution in [0, 0.1) is 5.41 Å². The van der Waals surface area contributed by atoms with E-state index in [1.807, 2.05) is 6.07 Å². The van der Waals surface area contributed by atoms with Crippen molar-refractivity contribution in [3.63, 3.8) is 0 Å². The summed E-state index contributed by atoms with van der Waals surface area (Å²) in [6.45, 7) is 5.65. The molecule has 0 saturated carbocycles. The van der Waals surface area contributed by atoms with Gasteiger partial charge in [0.1, 0.15) is 16.8 Å². The smallest absolute Gasteiger partial charge is 0.267 e. The van der Waals surface area contributed by atoms with Crippen molar-refractivity contribution in [1.29, 1.82) is 5.41 Å². The molecule has 0 aromatic carbocycles. The number of ether oxygens (including phenoxy) is 2. The van der Waals surface area contributed by atoms with Gasteiger partial charge in [-0.05, 0) is 37.5 Å². The Hall–Kier alpha value is -3.08. The summed E-state index contributed by atoms with van der Waals surface area (Å²) in [6.07, 6.45) is 4.32. The van der Waals surface area contributed by atoms with Gasteiger partial charge < -0.3 is 19.4 Å². The molecule has 5 rings (SSSR count). The molecule has 3 aromatic heterocycles. The summed E-state index contributed by atoms with van der Waals surface area (Å²) >= 11 is 0. The quantitative estimate of drug-likeness (QED) is 0.497. The molecule has 2 saturated heterocycles. The number of aryl methyl sites for hydroxylation is 1. The minimum Gasteiger partial charge on any atom is -0.379 e. The van der Waals surface area contributed by atoms with Crippen LogP contribution in [0.15, 0.2) is 35.3 Å². The van der Waals surface area contributed by atoms with Crippen molar-refractivity contribution < 1.29 is 14.3 Å². The largest absolute Gasteiger partial charge is 0.379 e. The molecule has 2 fully saturated rings. The number of hydrogen-bond acceptors (Lipinski definition) is 7. The average Bonchev–Trinajstić information content (AvgIpc) is 3.38. The third kappa shape index (κ3) is 4.61. The highest BCUT2D eigenvalue weighted by Crippen LogP contribution is 2.13. The molecule has 2 aliphatic heterocycles. The molecule has 0 radical (unpaired) electrons. The number of carbonyl (C=O) groups is 1. The second kappa shape index (κ2) is 10.0. The van der Waals surface area contributed by atoms with Gasteiger partial charge in [0.25, 0.3) is 11.5 Å². The Morgan fingerprint density at radius 3 is 2.85 bits per heavy atom. The van der Waals surface area contributed by atoms with E-state index in [-0.39, 0.29) is 28.6 Å². The van der Waals surface area contributed by atoms with Crippen molar-refractivity contribution >= 4 is 22.6 Å². The first-order chi connectivity index (χ1) is 16.6. The molecule has 0 bridgehead atoms. The lowest BCUT2D eigenvalue weighted by Crippen LogP contribution is -2.39. The molecular formula is C24H30N6O4. The first-order valence-electron chi connectivity index (χ1n) is 11.9. The number of carbonyl (C=O) groups excluding carboxylic acids is 1. The Morgan fingerprint density at radius 1 is 1.21 bits per heavy atom. The number of nitrogens with zero attached hydrogens (tertiary/aromatic N) is 4. The highest BCUT2D eigenvalue weighted by atomic mass is 16.5. The third-order valence-corrected chi connectivity index (χ3v) is 6.54. The van der Waals surface area contributed by atoms with E-state index in [9.17, 15) is 9.59 Å². The van der Waals surface area contributed by atoms with Crippen molar-refractivity contribution in [2.75, 3.05) is 46.0 Å². The number of morpholine rings is 1. The second-order valence-electron chi connectivity index (χ2n) is 8.79. The summed E-state index contributed by atoms with van der Waals surface area (Å²) in [7, 11) is 0. The van der Waals surface area contributed by atoms with E-state index in [2.05, 4.69) is 10.2 Å². The van der Waals surface area contributed by atoms with Gasteiger partial charge in [0.05, 0.1) is 30.3 Å². The molecule has 2 N–H and O–H groups in total. The van der Waals surface area contributed by atoms with Crippen LogP contribution < -0.4 is 16.4 Å². The van der Waals surface area contributed by atoms with Crippen LogP contribution in [0.3, 0.4) is 0 Å². The number of rotatable bonds is 7. The molecule has 0 aliphatic carbocycles. The lowest BCUT2D eigenvalue weighted by Gasteiger charge is -2.26. The molecule has 5 heterocycles. The van der Waals surface area contributed by atoms with Gasteiger partial charge >= 0.3 is 0 Å². The zero-order chi connectivity index (χ0) is 23.5. The van der Waals surface area contributed by atoms with Crippen molar-refractivity contribution in [1.82, 2.24) is 24.2 Å². The minimum absolute atomic E-state index is 0.00419. The lowest BCUT2D eigenvalue weighted by atomic mass is 10.1. The van der Waals surface area contributed by atoms with Crippen molar-refractivity contribution in [3.05, 3.63) is 51.9 Å². The van der Waals surface area contributed by atoms with Gasteiger partial charge in [0.2, 0.25) is 0 Å². The lowest BCUT2D eigenvalue weighted by molar-refractivity contribution is 0.0369. The Morgan fingerprint density at radius 2 is 2.06 bits per heavy atom. The molecule has 0 unspecified atom stereocenters. The Labute approximate surface area is 196 Å². The first-order valence-corrected chi connectivity index (χ1v) is 11.9. The molecule has 0 spiro atoms. The fourth-order valence-corrected chi connectivity index (χ4v) is 4.66. The Kier molecular flexibility index (Phi) is 6.70. The summed E-state index contributed by atoms with van der Waals surface area (Å²) in [5, 5.41) is 12.1. The maximum atomic E-state index is 13.3. The van der Waals surface area contributed by atoms with Crippen LogP contribution in [0.1, 0.15) is 29.6 Å². The zero-order valence-corrected chi connectivity index (χ0v) is 19.2. The van der Waals surface area contributed by atoms with Crippen LogP contribution in [-0.2, 0) is 16.0 Å². The highest BCUT2D eigenvalue weighted by molar-refractivity contribution is 5.96. The van der Waals surface area contributed by atoms with Crippen LogP contribution in [0.4, 0.5) is 0 Å². The van der Waals surface area contributed by atoms with Gasteiger partial charge in [-0.25, -0.2) is 4.98 Å². The third-order valence-electron chi connectivity index (χ3n) is 6.54. The predicted octanol–water partition coefficient (Wildman–Crippen LogP) is 0.760. The molecule has 3 aromatic rings. The summed E-state index contributed by atoms with van der Waals surface area (Å²) in [5.41, 5.74) is 0.921. The topological polar surface area (TPSA) is 114 Å². The standard InChI is InChI=1S/C24H30N6O4/c25-21-18(23(31)26-16-17-5-3-12-34-17)15-19-22(27-20-6-1-2-8-29(20)24(19)32)30(21)9-4-7-28-10-13-33-14-11-28/h1-2,6,8,15,17,25H,3-5,7,9-14,16H2,(H,26,31)/t17-/m1/s1. The fraction of sp³-hybridized carbons (Fsp3) is 0.500. The van der Waals surface area contributed by atoms with Crippen molar-refractivity contribution in [2.45, 2.75) is 31.9 Å². The van der Waals surface area contributed by atoms with Crippen LogP contribution in [-0.4, -0.2) is 76.9 Å². The van der Waals surface area contributed by atoms with E-state index in [0.29, 0.717) is 36.4 Å². The van der Waals surface area contributed by atoms with E-state index >= 15 is 0 Å². The maximum absolute atomic E-state index is 13.3. The van der Waals surface area contributed by atoms with Crippen molar-refractivity contribution in [2.24, 2.45) is 0 Å². The predicted molar refractivity (Wildman–Crippen MR) is 126 cm³/mol. The SMILES string of the molecule is N=c1c(C(=O)NC[C@H]2CCCO2)cc2c(=O)n3ccccc3nc2n1CCCN1CCOCC1. The molecule has 10 nitrogen and oxygen atoms in total. The van der Waals surface area contributed by atoms with Gasteiger partial charge in [-0.2, -0.15) is 0 Å². The van der Waals surface area contributed by atoms with Gasteiger partial charge in [0, 0.05) is 45.5 Å². The number of fused-ring (bicyclic) bond motifs is 2. The number of pyridine rings is 2. The summed E-state index contributed by atoms with van der Waals surface area (Å²) in [6, 6.07) is 6.87. The van der Waals surface area contributed by atoms with E-state index in [1.54, 1.807) is 22.9 Å². The van der Waals surface area contributed by atoms with E-state index < -0.39 is 0 Å². The van der Waals surface area contributed by atoms with Crippen LogP contribution in [0.2, 0.25) is 0 Å². The molecule has 1 atom stereocenters. The zero-order valence-electron chi connectivity index (χ0n) is 19.2. The summed E-state index contributed by atoms with van der Waals surface area (Å²) < 4.78 is 14.2. The van der Waals surface area contributed by atoms with Gasteiger partial charge in [-0.3, -0.25) is 24.3 Å². The van der Waals surface area contributed by atoms with Gasteiger partial charge in [-0.15, -0.1) is 0 Å². The molecule has 34 heavy (non-hydrogen) atoms. The molecule has 10 heteroatoms. The number of nitrogens with one attached hydrogen (secondary N) is 2. The molecular weight excluding hydrogens is 436 g/mol. The molecule has 2 aliphatic rings. The van der Waals surface area contributed by atoms with E-state index in [4.69, 9.17) is 19.9 Å². The van der Waals surface area contributed by atoms with E-state index in [0.717, 1.165) is 52.1 Å². The van der Waals surface area contributed by atoms with Gasteiger partial charge in [0.15, 0.2) is 0 Å². The van der Waals surface area contributed by atoms with Crippen molar-refractivity contribution in [3.8, 4) is 0 Å².